The van der Waals surface area contributed by atoms with Gasteiger partial charge in [-0.05, 0) is 25.0 Å². The molecule has 1 aromatic rings. The first-order valence-corrected chi connectivity index (χ1v) is 8.86. The number of carbonyl (C=O) groups excluding carboxylic acids is 2. The van der Waals surface area contributed by atoms with E-state index in [1.807, 2.05) is 12.1 Å². The molecule has 0 radical (unpaired) electrons. The van der Waals surface area contributed by atoms with Crippen molar-refractivity contribution in [2.45, 2.75) is 38.1 Å². The van der Waals surface area contributed by atoms with Crippen molar-refractivity contribution in [3.63, 3.8) is 0 Å². The zero-order chi connectivity index (χ0) is 17.9. The number of hydrogen-bond donors (Lipinski definition) is 1. The summed E-state index contributed by atoms with van der Waals surface area (Å²) in [6, 6.07) is 3.71. The fourth-order valence-electron chi connectivity index (χ4n) is 3.45. The number of ether oxygens (including phenoxy) is 3. The maximum atomic E-state index is 11.8. The average molecular weight is 359 g/mol. The third-order valence-electron chi connectivity index (χ3n) is 4.92. The van der Waals surface area contributed by atoms with Gasteiger partial charge in [0.15, 0.2) is 6.10 Å². The number of pyridine rings is 1. The van der Waals surface area contributed by atoms with Crippen molar-refractivity contribution < 1.29 is 23.8 Å². The highest BCUT2D eigenvalue weighted by molar-refractivity contribution is 5.99. The molecule has 0 saturated carbocycles. The molecule has 1 atom stereocenters. The first-order chi connectivity index (χ1) is 12.7. The molecule has 3 aliphatic rings. The zero-order valence-electron chi connectivity index (χ0n) is 14.3. The molecule has 1 unspecified atom stereocenters. The Morgan fingerprint density at radius 3 is 2.54 bits per heavy atom. The van der Waals surface area contributed by atoms with Gasteiger partial charge in [0.05, 0.1) is 6.20 Å². The van der Waals surface area contributed by atoms with Crippen LogP contribution in [0.5, 0.6) is 5.75 Å². The molecule has 1 N–H and O–H groups in total. The standard InChI is InChI=1S/C18H21N3O5/c22-16-4-2-14(17(23)20-16)26-13-1-3-15(19-11-13)21-7-5-12(6-8-21)18-24-9-10-25-18/h1,3,9-12,14,18H,2,4-8H2,(H,20,22,23). The van der Waals surface area contributed by atoms with E-state index in [0.717, 1.165) is 31.7 Å². The molecular weight excluding hydrogens is 338 g/mol. The van der Waals surface area contributed by atoms with Crippen molar-refractivity contribution in [3.05, 3.63) is 30.9 Å². The first-order valence-electron chi connectivity index (χ1n) is 8.86. The normalized spacial score (nSPS) is 24.2. The van der Waals surface area contributed by atoms with Gasteiger partial charge in [0.2, 0.25) is 12.2 Å². The fraction of sp³-hybridized carbons (Fsp3) is 0.500. The highest BCUT2D eigenvalue weighted by Gasteiger charge is 2.31. The lowest BCUT2D eigenvalue weighted by molar-refractivity contribution is -0.138. The minimum atomic E-state index is -0.642. The maximum Gasteiger partial charge on any atom is 0.267 e. The summed E-state index contributed by atoms with van der Waals surface area (Å²) in [4.78, 5) is 29.6. The largest absolute Gasteiger partial charge is 0.479 e. The van der Waals surface area contributed by atoms with E-state index in [1.54, 1.807) is 18.7 Å². The molecule has 0 aliphatic carbocycles. The van der Waals surface area contributed by atoms with Crippen molar-refractivity contribution in [1.82, 2.24) is 10.3 Å². The van der Waals surface area contributed by atoms with Crippen LogP contribution in [0.25, 0.3) is 0 Å². The number of piperidine rings is 2. The summed E-state index contributed by atoms with van der Waals surface area (Å²) in [6.45, 7) is 1.77. The minimum absolute atomic E-state index is 0.158. The lowest BCUT2D eigenvalue weighted by atomic mass is 9.96. The topological polar surface area (TPSA) is 90.0 Å². The molecule has 0 aromatic carbocycles. The van der Waals surface area contributed by atoms with E-state index in [9.17, 15) is 9.59 Å². The van der Waals surface area contributed by atoms with Gasteiger partial charge in [-0.25, -0.2) is 4.98 Å². The number of nitrogens with zero attached hydrogens (tertiary/aromatic N) is 2. The molecule has 2 fully saturated rings. The molecule has 8 nitrogen and oxygen atoms in total. The van der Waals surface area contributed by atoms with Gasteiger partial charge in [0.1, 0.15) is 24.1 Å². The molecule has 26 heavy (non-hydrogen) atoms. The van der Waals surface area contributed by atoms with Crippen molar-refractivity contribution in [2.75, 3.05) is 18.0 Å². The Morgan fingerprint density at radius 2 is 1.88 bits per heavy atom. The number of carbonyl (C=O) groups is 2. The van der Waals surface area contributed by atoms with Crippen molar-refractivity contribution in [2.24, 2.45) is 5.92 Å². The molecule has 8 heteroatoms. The van der Waals surface area contributed by atoms with Crippen LogP contribution < -0.4 is 15.0 Å². The van der Waals surface area contributed by atoms with Gasteiger partial charge >= 0.3 is 0 Å². The van der Waals surface area contributed by atoms with Gasteiger partial charge < -0.3 is 19.1 Å². The smallest absolute Gasteiger partial charge is 0.267 e. The number of imide groups is 1. The molecule has 0 spiro atoms. The average Bonchev–Trinajstić information content (AvgIpc) is 3.20. The highest BCUT2D eigenvalue weighted by atomic mass is 16.7. The van der Waals surface area contributed by atoms with Gasteiger partial charge in [0, 0.05) is 31.8 Å². The second-order valence-corrected chi connectivity index (χ2v) is 6.65. The SMILES string of the molecule is O=C1CCC(Oc2ccc(N3CCC(C4OC=CO4)CC3)nc2)C(=O)N1. The maximum absolute atomic E-state index is 11.8. The third-order valence-corrected chi connectivity index (χ3v) is 4.92. The van der Waals surface area contributed by atoms with E-state index >= 15 is 0 Å². The third kappa shape index (κ3) is 3.58. The highest BCUT2D eigenvalue weighted by Crippen LogP contribution is 2.28. The van der Waals surface area contributed by atoms with E-state index in [1.165, 1.54) is 0 Å². The summed E-state index contributed by atoms with van der Waals surface area (Å²) < 4.78 is 16.5. The van der Waals surface area contributed by atoms with E-state index in [-0.39, 0.29) is 12.2 Å². The van der Waals surface area contributed by atoms with Gasteiger partial charge in [0.25, 0.3) is 5.91 Å². The summed E-state index contributed by atoms with van der Waals surface area (Å²) in [5.74, 6) is 1.15. The van der Waals surface area contributed by atoms with E-state index < -0.39 is 12.0 Å². The minimum Gasteiger partial charge on any atom is -0.479 e. The van der Waals surface area contributed by atoms with Crippen LogP contribution in [0.15, 0.2) is 30.9 Å². The van der Waals surface area contributed by atoms with Crippen LogP contribution in [-0.2, 0) is 19.1 Å². The Bertz CT molecular complexity index is 689. The monoisotopic (exact) mass is 359 g/mol. The molecule has 0 bridgehead atoms. The van der Waals surface area contributed by atoms with Gasteiger partial charge in [-0.2, -0.15) is 0 Å². The Morgan fingerprint density at radius 1 is 1.12 bits per heavy atom. The van der Waals surface area contributed by atoms with E-state index in [2.05, 4.69) is 15.2 Å². The molecule has 2 amide bonds. The zero-order valence-corrected chi connectivity index (χ0v) is 14.3. The van der Waals surface area contributed by atoms with Crippen LogP contribution in [0.3, 0.4) is 0 Å². The Labute approximate surface area is 151 Å². The van der Waals surface area contributed by atoms with Gasteiger partial charge in [-0.3, -0.25) is 14.9 Å². The quantitative estimate of drug-likeness (QED) is 0.811. The summed E-state index contributed by atoms with van der Waals surface area (Å²) in [6.07, 6.45) is 6.65. The Balaban J connectivity index is 1.30. The number of anilines is 1. The van der Waals surface area contributed by atoms with Crippen LogP contribution in [0.1, 0.15) is 25.7 Å². The summed E-state index contributed by atoms with van der Waals surface area (Å²) >= 11 is 0. The summed E-state index contributed by atoms with van der Waals surface area (Å²) in [5, 5.41) is 2.28. The predicted molar refractivity (Wildman–Crippen MR) is 91.1 cm³/mol. The van der Waals surface area contributed by atoms with Crippen LogP contribution in [0, 0.1) is 5.92 Å². The lowest BCUT2D eigenvalue weighted by Crippen LogP contribution is -2.46. The molecule has 2 saturated heterocycles. The number of hydrogen-bond acceptors (Lipinski definition) is 7. The first kappa shape index (κ1) is 16.7. The van der Waals surface area contributed by atoms with Gasteiger partial charge in [-0.15, -0.1) is 0 Å². The van der Waals surface area contributed by atoms with Gasteiger partial charge in [-0.1, -0.05) is 0 Å². The number of amides is 2. The number of rotatable bonds is 4. The Kier molecular flexibility index (Phi) is 4.64. The summed E-state index contributed by atoms with van der Waals surface area (Å²) in [5.41, 5.74) is 0. The molecule has 4 rings (SSSR count). The van der Waals surface area contributed by atoms with Crippen molar-refractivity contribution >= 4 is 17.6 Å². The Hall–Kier alpha value is -2.77. The summed E-state index contributed by atoms with van der Waals surface area (Å²) in [7, 11) is 0. The van der Waals surface area contributed by atoms with E-state index in [0.29, 0.717) is 24.5 Å². The lowest BCUT2D eigenvalue weighted by Gasteiger charge is -2.34. The molecule has 3 aliphatic heterocycles. The van der Waals surface area contributed by atoms with Crippen LogP contribution in [0.4, 0.5) is 5.82 Å². The molecule has 138 valence electrons. The number of nitrogens with one attached hydrogen (secondary N) is 1. The number of aromatic nitrogens is 1. The second kappa shape index (κ2) is 7.23. The molecule has 4 heterocycles. The van der Waals surface area contributed by atoms with Crippen LogP contribution in [0.2, 0.25) is 0 Å². The second-order valence-electron chi connectivity index (χ2n) is 6.65. The molecular formula is C18H21N3O5. The van der Waals surface area contributed by atoms with E-state index in [4.69, 9.17) is 14.2 Å². The fourth-order valence-corrected chi connectivity index (χ4v) is 3.45. The molecule has 1 aromatic heterocycles. The van der Waals surface area contributed by atoms with Crippen molar-refractivity contribution in [1.29, 1.82) is 0 Å². The van der Waals surface area contributed by atoms with Crippen LogP contribution >= 0.6 is 0 Å². The van der Waals surface area contributed by atoms with Crippen molar-refractivity contribution in [3.8, 4) is 5.75 Å². The van der Waals surface area contributed by atoms with Crippen LogP contribution in [-0.4, -0.2) is 42.3 Å². The predicted octanol–water partition coefficient (Wildman–Crippen LogP) is 1.33.